The van der Waals surface area contributed by atoms with E-state index in [4.69, 9.17) is 0 Å². The third-order valence-electron chi connectivity index (χ3n) is 4.90. The average Bonchev–Trinajstić information content (AvgIpc) is 2.68. The molecular formula is C23H22BrN3O2S. The molecule has 1 aliphatic rings. The summed E-state index contributed by atoms with van der Waals surface area (Å²) in [5.41, 5.74) is 5.33. The van der Waals surface area contributed by atoms with Crippen molar-refractivity contribution < 1.29 is 9.59 Å². The number of amides is 2. The Morgan fingerprint density at radius 2 is 1.97 bits per heavy atom. The van der Waals surface area contributed by atoms with Crippen LogP contribution < -0.4 is 10.6 Å². The minimum atomic E-state index is -0.326. The molecule has 0 aromatic heterocycles. The van der Waals surface area contributed by atoms with Crippen LogP contribution in [0.2, 0.25) is 0 Å². The summed E-state index contributed by atoms with van der Waals surface area (Å²) in [6.45, 7) is 5.94. The Morgan fingerprint density at radius 3 is 2.60 bits per heavy atom. The summed E-state index contributed by atoms with van der Waals surface area (Å²) in [5, 5.41) is 15.9. The molecule has 1 atom stereocenters. The number of nitrogens with zero attached hydrogens (tertiary/aromatic N) is 1. The first kappa shape index (κ1) is 22.1. The molecule has 2 aromatic rings. The zero-order chi connectivity index (χ0) is 21.8. The Bertz CT molecular complexity index is 1070. The van der Waals surface area contributed by atoms with Crippen molar-refractivity contribution in [3.63, 3.8) is 0 Å². The van der Waals surface area contributed by atoms with E-state index in [0.717, 1.165) is 32.4 Å². The van der Waals surface area contributed by atoms with E-state index in [1.807, 2.05) is 57.2 Å². The van der Waals surface area contributed by atoms with Gasteiger partial charge in [0.25, 0.3) is 0 Å². The minimum absolute atomic E-state index is 0.0960. The topological polar surface area (TPSA) is 82.0 Å². The van der Waals surface area contributed by atoms with Crippen LogP contribution >= 0.6 is 27.7 Å². The number of carbonyl (C=O) groups is 2. The van der Waals surface area contributed by atoms with Gasteiger partial charge in [0.1, 0.15) is 0 Å². The van der Waals surface area contributed by atoms with Gasteiger partial charge >= 0.3 is 0 Å². The highest BCUT2D eigenvalue weighted by Crippen LogP contribution is 2.36. The number of nitriles is 1. The standard InChI is InChI=1S/C23H22BrN3O2S/c1-13-7-14(2)22(15(3)8-13)26-21(29)12-30-23-19(11-25)18(10-20(28)27-23)16-5-4-6-17(24)9-16/h4-9,18H,10,12H2,1-3H3,(H,26,29)(H,27,28)/t18-/m1/s1. The Labute approximate surface area is 189 Å². The normalized spacial score (nSPS) is 16.1. The molecule has 7 heteroatoms. The molecule has 2 N–H and O–H groups in total. The number of benzene rings is 2. The van der Waals surface area contributed by atoms with E-state index in [2.05, 4.69) is 32.6 Å². The molecule has 154 valence electrons. The Hall–Kier alpha value is -2.56. The van der Waals surface area contributed by atoms with Crippen molar-refractivity contribution >= 4 is 45.2 Å². The fourth-order valence-electron chi connectivity index (χ4n) is 3.63. The smallest absolute Gasteiger partial charge is 0.234 e. The second kappa shape index (κ2) is 9.50. The molecule has 0 saturated carbocycles. The highest BCUT2D eigenvalue weighted by Gasteiger charge is 2.30. The summed E-state index contributed by atoms with van der Waals surface area (Å²) in [6, 6.07) is 13.9. The zero-order valence-electron chi connectivity index (χ0n) is 17.0. The van der Waals surface area contributed by atoms with Crippen molar-refractivity contribution in [2.45, 2.75) is 33.1 Å². The van der Waals surface area contributed by atoms with Crippen molar-refractivity contribution in [2.24, 2.45) is 0 Å². The number of rotatable bonds is 5. The lowest BCUT2D eigenvalue weighted by Crippen LogP contribution is -2.31. The highest BCUT2D eigenvalue weighted by molar-refractivity contribution is 9.10. The Kier molecular flexibility index (Phi) is 7.01. The third kappa shape index (κ3) is 5.13. The van der Waals surface area contributed by atoms with Gasteiger partial charge in [-0.25, -0.2) is 0 Å². The summed E-state index contributed by atoms with van der Waals surface area (Å²) in [4.78, 5) is 24.8. The maximum absolute atomic E-state index is 12.6. The van der Waals surface area contributed by atoms with Crippen molar-refractivity contribution in [1.82, 2.24) is 5.32 Å². The summed E-state index contributed by atoms with van der Waals surface area (Å²) < 4.78 is 0.890. The molecule has 1 heterocycles. The number of nitrogens with one attached hydrogen (secondary N) is 2. The summed E-state index contributed by atoms with van der Waals surface area (Å²) >= 11 is 4.62. The number of hydrogen-bond acceptors (Lipinski definition) is 4. The number of anilines is 1. The first-order valence-corrected chi connectivity index (χ1v) is 11.3. The van der Waals surface area contributed by atoms with Crippen molar-refractivity contribution in [3.8, 4) is 6.07 Å². The van der Waals surface area contributed by atoms with Gasteiger partial charge in [0.2, 0.25) is 11.8 Å². The monoisotopic (exact) mass is 483 g/mol. The number of hydrogen-bond donors (Lipinski definition) is 2. The van der Waals surface area contributed by atoms with Crippen LogP contribution in [0.25, 0.3) is 0 Å². The van der Waals surface area contributed by atoms with Gasteiger partial charge in [-0.3, -0.25) is 9.59 Å². The fraction of sp³-hybridized carbons (Fsp3) is 0.261. The average molecular weight is 484 g/mol. The second-order valence-electron chi connectivity index (χ2n) is 7.33. The van der Waals surface area contributed by atoms with Crippen LogP contribution in [-0.4, -0.2) is 17.6 Å². The molecule has 3 rings (SSSR count). The molecule has 30 heavy (non-hydrogen) atoms. The first-order chi connectivity index (χ1) is 14.3. The lowest BCUT2D eigenvalue weighted by Gasteiger charge is -2.25. The summed E-state index contributed by atoms with van der Waals surface area (Å²) in [6.07, 6.45) is 0.206. The summed E-state index contributed by atoms with van der Waals surface area (Å²) in [7, 11) is 0. The van der Waals surface area contributed by atoms with Crippen molar-refractivity contribution in [3.05, 3.63) is 73.7 Å². The molecule has 2 aromatic carbocycles. The molecule has 5 nitrogen and oxygen atoms in total. The largest absolute Gasteiger partial charge is 0.325 e. The van der Waals surface area contributed by atoms with Gasteiger partial charge in [-0.05, 0) is 49.6 Å². The molecule has 0 saturated heterocycles. The van der Waals surface area contributed by atoms with Gasteiger partial charge in [0.15, 0.2) is 0 Å². The van der Waals surface area contributed by atoms with E-state index < -0.39 is 0 Å². The Balaban J connectivity index is 1.78. The zero-order valence-corrected chi connectivity index (χ0v) is 19.4. The summed E-state index contributed by atoms with van der Waals surface area (Å²) in [5.74, 6) is -0.571. The molecule has 0 aliphatic carbocycles. The van der Waals surface area contributed by atoms with Crippen LogP contribution in [0, 0.1) is 32.1 Å². The van der Waals surface area contributed by atoms with E-state index in [1.165, 1.54) is 11.8 Å². The molecular weight excluding hydrogens is 462 g/mol. The number of carbonyl (C=O) groups excluding carboxylic acids is 2. The number of halogens is 1. The lowest BCUT2D eigenvalue weighted by molar-refractivity contribution is -0.121. The van der Waals surface area contributed by atoms with Crippen LogP contribution in [-0.2, 0) is 9.59 Å². The van der Waals surface area contributed by atoms with E-state index in [-0.39, 0.29) is 29.9 Å². The lowest BCUT2D eigenvalue weighted by atomic mass is 9.87. The van der Waals surface area contributed by atoms with Crippen LogP contribution in [0.3, 0.4) is 0 Å². The van der Waals surface area contributed by atoms with Crippen molar-refractivity contribution in [1.29, 1.82) is 5.26 Å². The Morgan fingerprint density at radius 1 is 1.27 bits per heavy atom. The quantitative estimate of drug-likeness (QED) is 0.620. The minimum Gasteiger partial charge on any atom is -0.325 e. The van der Waals surface area contributed by atoms with Crippen LogP contribution in [0.1, 0.15) is 34.6 Å². The molecule has 0 radical (unpaired) electrons. The molecule has 0 fully saturated rings. The predicted octanol–water partition coefficient (Wildman–Crippen LogP) is 5.08. The molecule has 0 bridgehead atoms. The molecule has 1 aliphatic heterocycles. The molecule has 2 amide bonds. The van der Waals surface area contributed by atoms with E-state index >= 15 is 0 Å². The molecule has 0 spiro atoms. The van der Waals surface area contributed by atoms with Crippen LogP contribution in [0.4, 0.5) is 5.69 Å². The van der Waals surface area contributed by atoms with Gasteiger partial charge in [0, 0.05) is 22.5 Å². The maximum atomic E-state index is 12.6. The van der Waals surface area contributed by atoms with E-state index in [1.54, 1.807) is 0 Å². The van der Waals surface area contributed by atoms with Gasteiger partial charge in [-0.15, -0.1) is 0 Å². The fourth-order valence-corrected chi connectivity index (χ4v) is 4.93. The van der Waals surface area contributed by atoms with Gasteiger partial charge < -0.3 is 10.6 Å². The first-order valence-electron chi connectivity index (χ1n) is 9.48. The molecule has 0 unspecified atom stereocenters. The number of thioether (sulfide) groups is 1. The second-order valence-corrected chi connectivity index (χ2v) is 9.23. The van der Waals surface area contributed by atoms with Crippen molar-refractivity contribution in [2.75, 3.05) is 11.1 Å². The third-order valence-corrected chi connectivity index (χ3v) is 6.41. The van der Waals surface area contributed by atoms with E-state index in [9.17, 15) is 14.9 Å². The SMILES string of the molecule is Cc1cc(C)c(NC(=O)CSC2=C(C#N)[C@@H](c3cccc(Br)c3)CC(=O)N2)c(C)c1. The van der Waals surface area contributed by atoms with Gasteiger partial charge in [0.05, 0.1) is 22.4 Å². The number of aryl methyl sites for hydroxylation is 3. The van der Waals surface area contributed by atoms with E-state index in [0.29, 0.717) is 10.6 Å². The van der Waals surface area contributed by atoms with Gasteiger partial charge in [-0.2, -0.15) is 5.26 Å². The number of allylic oxidation sites excluding steroid dienone is 1. The van der Waals surface area contributed by atoms with Crippen LogP contribution in [0.5, 0.6) is 0 Å². The predicted molar refractivity (Wildman–Crippen MR) is 124 cm³/mol. The highest BCUT2D eigenvalue weighted by atomic mass is 79.9. The maximum Gasteiger partial charge on any atom is 0.234 e. The van der Waals surface area contributed by atoms with Gasteiger partial charge in [-0.1, -0.05) is 57.5 Å². The van der Waals surface area contributed by atoms with Crippen LogP contribution in [0.15, 0.2) is 51.5 Å².